The highest BCUT2D eigenvalue weighted by atomic mass is 19.4. The maximum Gasteiger partial charge on any atom is 0.490 e. The van der Waals surface area contributed by atoms with Gasteiger partial charge in [0.25, 0.3) is 0 Å². The molecule has 210 valence electrons. The first-order chi connectivity index (χ1) is 18.4. The zero-order valence-electron chi connectivity index (χ0n) is 21.7. The number of para-hydroxylation sites is 1. The van der Waals surface area contributed by atoms with Crippen LogP contribution < -0.4 is 15.5 Å². The Bertz CT molecular complexity index is 1280. The van der Waals surface area contributed by atoms with Crippen LogP contribution in [0.5, 0.6) is 5.75 Å². The number of phenols is 1. The third-order valence-corrected chi connectivity index (χ3v) is 6.29. The number of alkyl halides is 3. The lowest BCUT2D eigenvalue weighted by molar-refractivity contribution is -0.192. The number of anilines is 2. The Labute approximate surface area is 224 Å². The highest BCUT2D eigenvalue weighted by Gasteiger charge is 2.38. The van der Waals surface area contributed by atoms with E-state index in [0.29, 0.717) is 30.9 Å². The number of hydrogen-bond acceptors (Lipinski definition) is 7. The van der Waals surface area contributed by atoms with Crippen molar-refractivity contribution >= 4 is 34.5 Å². The van der Waals surface area contributed by atoms with Crippen LogP contribution >= 0.6 is 0 Å². The number of rotatable bonds is 7. The lowest BCUT2D eigenvalue weighted by Gasteiger charge is -2.29. The van der Waals surface area contributed by atoms with Crippen LogP contribution in [0.15, 0.2) is 48.5 Å². The van der Waals surface area contributed by atoms with Crippen molar-refractivity contribution in [1.29, 1.82) is 0 Å². The summed E-state index contributed by atoms with van der Waals surface area (Å²) in [6.45, 7) is 0.696. The van der Waals surface area contributed by atoms with Gasteiger partial charge in [-0.15, -0.1) is 0 Å². The fourth-order valence-electron chi connectivity index (χ4n) is 4.33. The average molecular weight is 548 g/mol. The third-order valence-electron chi connectivity index (χ3n) is 6.29. The maximum atomic E-state index is 12.2. The summed E-state index contributed by atoms with van der Waals surface area (Å²) in [4.78, 5) is 32.6. The molecule has 1 saturated carbocycles. The summed E-state index contributed by atoms with van der Waals surface area (Å²) < 4.78 is 31.7. The molecule has 0 atom stereocenters. The highest BCUT2D eigenvalue weighted by Crippen LogP contribution is 2.28. The fraction of sp³-hybridized carbons (Fsp3) is 0.407. The zero-order chi connectivity index (χ0) is 28.6. The second kappa shape index (κ2) is 13.1. The quantitative estimate of drug-likeness (QED) is 0.344. The van der Waals surface area contributed by atoms with Crippen molar-refractivity contribution < 1.29 is 33.0 Å². The maximum absolute atomic E-state index is 12.2. The number of nitrogens with one attached hydrogen (secondary N) is 2. The Morgan fingerprint density at radius 3 is 2.31 bits per heavy atom. The molecular weight excluding hydrogens is 515 g/mol. The number of carbonyl (C=O) groups excluding carboxylic acids is 1. The SMILES string of the molecule is CN(C)c1nc(NC2CCC(CNC(=O)Cc3cccc(O)c3)CC2)nc2ccccc12.O=C(O)C(F)(F)F. The second-order valence-electron chi connectivity index (χ2n) is 9.60. The Hall–Kier alpha value is -4.09. The number of benzene rings is 2. The van der Waals surface area contributed by atoms with Gasteiger partial charge in [-0.1, -0.05) is 24.3 Å². The van der Waals surface area contributed by atoms with Crippen LogP contribution in [0.2, 0.25) is 0 Å². The second-order valence-corrected chi connectivity index (χ2v) is 9.60. The number of aromatic hydroxyl groups is 1. The molecule has 1 aliphatic rings. The fourth-order valence-corrected chi connectivity index (χ4v) is 4.33. The highest BCUT2D eigenvalue weighted by molar-refractivity contribution is 5.90. The Morgan fingerprint density at radius 1 is 1.03 bits per heavy atom. The number of phenolic OH excluding ortho intramolecular Hbond substituents is 1. The van der Waals surface area contributed by atoms with Gasteiger partial charge in [-0.2, -0.15) is 18.2 Å². The van der Waals surface area contributed by atoms with E-state index in [1.807, 2.05) is 43.3 Å². The van der Waals surface area contributed by atoms with Crippen LogP contribution in [0.1, 0.15) is 31.2 Å². The largest absolute Gasteiger partial charge is 0.508 e. The molecule has 1 amide bonds. The molecule has 4 N–H and O–H groups in total. The first-order valence-electron chi connectivity index (χ1n) is 12.5. The lowest BCUT2D eigenvalue weighted by Crippen LogP contribution is -2.34. The van der Waals surface area contributed by atoms with E-state index in [9.17, 15) is 23.1 Å². The van der Waals surface area contributed by atoms with Gasteiger partial charge in [0.05, 0.1) is 11.9 Å². The number of hydrogen-bond donors (Lipinski definition) is 4. The number of carboxylic acids is 1. The summed E-state index contributed by atoms with van der Waals surface area (Å²) in [5.74, 6) is -0.495. The van der Waals surface area contributed by atoms with Gasteiger partial charge in [0.1, 0.15) is 11.6 Å². The lowest BCUT2D eigenvalue weighted by atomic mass is 9.86. The van der Waals surface area contributed by atoms with E-state index < -0.39 is 12.1 Å². The van der Waals surface area contributed by atoms with Crippen molar-refractivity contribution in [2.75, 3.05) is 30.9 Å². The van der Waals surface area contributed by atoms with Gasteiger partial charge in [-0.05, 0) is 61.4 Å². The summed E-state index contributed by atoms with van der Waals surface area (Å²) in [6, 6.07) is 15.3. The van der Waals surface area contributed by atoms with Crippen LogP contribution in [0.25, 0.3) is 10.9 Å². The van der Waals surface area contributed by atoms with Crippen molar-refractivity contribution in [3.63, 3.8) is 0 Å². The normalized spacial score (nSPS) is 17.1. The van der Waals surface area contributed by atoms with Crippen LogP contribution in [0, 0.1) is 5.92 Å². The van der Waals surface area contributed by atoms with E-state index in [4.69, 9.17) is 19.9 Å². The summed E-state index contributed by atoms with van der Waals surface area (Å²) in [5, 5.41) is 24.3. The third kappa shape index (κ3) is 9.01. The minimum atomic E-state index is -5.08. The predicted octanol–water partition coefficient (Wildman–Crippen LogP) is 4.36. The van der Waals surface area contributed by atoms with Gasteiger partial charge in [-0.25, -0.2) is 9.78 Å². The van der Waals surface area contributed by atoms with Crippen molar-refractivity contribution in [2.24, 2.45) is 5.92 Å². The average Bonchev–Trinajstić information content (AvgIpc) is 2.87. The molecule has 0 saturated heterocycles. The molecular formula is C27H32F3N5O4. The molecule has 0 aliphatic heterocycles. The number of fused-ring (bicyclic) bond motifs is 1. The number of amides is 1. The monoisotopic (exact) mass is 547 g/mol. The van der Waals surface area contributed by atoms with Gasteiger partial charge >= 0.3 is 12.1 Å². The Kier molecular flexibility index (Phi) is 9.91. The van der Waals surface area contributed by atoms with E-state index in [0.717, 1.165) is 48.0 Å². The van der Waals surface area contributed by atoms with Gasteiger partial charge in [0.15, 0.2) is 0 Å². The molecule has 0 spiro atoms. The van der Waals surface area contributed by atoms with Crippen LogP contribution in [0.4, 0.5) is 24.9 Å². The molecule has 1 aliphatic carbocycles. The standard InChI is InChI=1S/C25H31N5O2.C2HF3O2/c1-30(2)24-21-8-3-4-9-22(21)28-25(29-24)27-19-12-10-17(11-13-19)16-26-23(32)15-18-6-5-7-20(31)14-18;3-2(4,5)1(6)7/h3-9,14,17,19,31H,10-13,15-16H2,1-2H3,(H,26,32)(H,27,28,29);(H,6,7). The summed E-state index contributed by atoms with van der Waals surface area (Å²) in [5.41, 5.74) is 1.76. The topological polar surface area (TPSA) is 128 Å². The molecule has 1 aromatic heterocycles. The van der Waals surface area contributed by atoms with E-state index >= 15 is 0 Å². The first kappa shape index (κ1) is 29.5. The molecule has 9 nitrogen and oxygen atoms in total. The van der Waals surface area contributed by atoms with Gasteiger partial charge in [-0.3, -0.25) is 4.79 Å². The van der Waals surface area contributed by atoms with Crippen molar-refractivity contribution in [3.05, 3.63) is 54.1 Å². The van der Waals surface area contributed by atoms with E-state index in [1.165, 1.54) is 0 Å². The van der Waals surface area contributed by atoms with Gasteiger partial charge in [0.2, 0.25) is 11.9 Å². The van der Waals surface area contributed by atoms with Crippen molar-refractivity contribution in [1.82, 2.24) is 15.3 Å². The number of carbonyl (C=O) groups is 2. The zero-order valence-corrected chi connectivity index (χ0v) is 21.7. The summed E-state index contributed by atoms with van der Waals surface area (Å²) in [6.07, 6.45) is -0.629. The molecule has 3 aromatic rings. The van der Waals surface area contributed by atoms with Gasteiger partial charge in [0, 0.05) is 32.1 Å². The van der Waals surface area contributed by atoms with E-state index in [2.05, 4.69) is 16.7 Å². The molecule has 1 heterocycles. The molecule has 1 fully saturated rings. The molecule has 39 heavy (non-hydrogen) atoms. The number of halogens is 3. The van der Waals surface area contributed by atoms with Crippen molar-refractivity contribution in [3.8, 4) is 5.75 Å². The molecule has 4 rings (SSSR count). The van der Waals surface area contributed by atoms with Crippen molar-refractivity contribution in [2.45, 2.75) is 44.3 Å². The number of nitrogens with zero attached hydrogens (tertiary/aromatic N) is 3. The van der Waals surface area contributed by atoms with Crippen LogP contribution in [0.3, 0.4) is 0 Å². The molecule has 0 bridgehead atoms. The molecule has 2 aromatic carbocycles. The van der Waals surface area contributed by atoms with E-state index in [-0.39, 0.29) is 11.7 Å². The number of aliphatic carboxylic acids is 1. The molecule has 0 unspecified atom stereocenters. The summed E-state index contributed by atoms with van der Waals surface area (Å²) in [7, 11) is 4.00. The first-order valence-corrected chi connectivity index (χ1v) is 12.5. The smallest absolute Gasteiger partial charge is 0.490 e. The van der Waals surface area contributed by atoms with Crippen LogP contribution in [-0.4, -0.2) is 64.9 Å². The van der Waals surface area contributed by atoms with E-state index in [1.54, 1.807) is 18.2 Å². The van der Waals surface area contributed by atoms with Crippen LogP contribution in [-0.2, 0) is 16.0 Å². The Morgan fingerprint density at radius 2 is 1.69 bits per heavy atom. The number of aromatic nitrogens is 2. The Balaban J connectivity index is 0.000000532. The predicted molar refractivity (Wildman–Crippen MR) is 142 cm³/mol. The molecule has 12 heteroatoms. The van der Waals surface area contributed by atoms with Gasteiger partial charge < -0.3 is 25.7 Å². The summed E-state index contributed by atoms with van der Waals surface area (Å²) >= 11 is 0. The minimum Gasteiger partial charge on any atom is -0.508 e. The molecule has 0 radical (unpaired) electrons. The number of carboxylic acid groups (broad SMARTS) is 1. The minimum absolute atomic E-state index is 0.00312.